The molecule has 0 heterocycles. The first-order valence-electron chi connectivity index (χ1n) is 6.27. The highest BCUT2D eigenvalue weighted by atomic mass is 16.5. The molecule has 0 aliphatic rings. The van der Waals surface area contributed by atoms with Crippen LogP contribution in [0.5, 0.6) is 17.2 Å². The molecule has 2 N–H and O–H groups in total. The summed E-state index contributed by atoms with van der Waals surface area (Å²) in [5, 5.41) is 0. The van der Waals surface area contributed by atoms with E-state index in [0.29, 0.717) is 23.8 Å². The Hall–Kier alpha value is -1.42. The average molecular weight is 253 g/mol. The summed E-state index contributed by atoms with van der Waals surface area (Å²) in [6.07, 6.45) is 1.83. The van der Waals surface area contributed by atoms with E-state index in [2.05, 4.69) is 6.92 Å². The number of hydrogen-bond acceptors (Lipinski definition) is 4. The molecule has 1 atom stereocenters. The van der Waals surface area contributed by atoms with E-state index in [1.54, 1.807) is 14.2 Å². The van der Waals surface area contributed by atoms with Gasteiger partial charge in [-0.3, -0.25) is 0 Å². The number of rotatable bonds is 7. The minimum Gasteiger partial charge on any atom is -0.493 e. The van der Waals surface area contributed by atoms with E-state index >= 15 is 0 Å². The maximum atomic E-state index is 5.86. The molecule has 0 spiro atoms. The van der Waals surface area contributed by atoms with Crippen LogP contribution in [0.3, 0.4) is 0 Å². The monoisotopic (exact) mass is 253 g/mol. The third-order valence-electron chi connectivity index (χ3n) is 2.85. The molecular weight excluding hydrogens is 230 g/mol. The maximum absolute atomic E-state index is 5.86. The Kier molecular flexibility index (Phi) is 5.78. The molecule has 0 amide bonds. The van der Waals surface area contributed by atoms with E-state index in [-0.39, 0.29) is 6.10 Å². The quantitative estimate of drug-likeness (QED) is 0.810. The number of nitrogens with two attached hydrogens (primary N) is 1. The summed E-state index contributed by atoms with van der Waals surface area (Å²) in [5.74, 6) is 2.05. The summed E-state index contributed by atoms with van der Waals surface area (Å²) in [6.45, 7) is 4.69. The molecule has 4 heteroatoms. The van der Waals surface area contributed by atoms with Gasteiger partial charge in [-0.25, -0.2) is 0 Å². The first-order valence-corrected chi connectivity index (χ1v) is 6.27. The van der Waals surface area contributed by atoms with Gasteiger partial charge in [0.2, 0.25) is 5.75 Å². The van der Waals surface area contributed by atoms with Crippen molar-refractivity contribution in [1.82, 2.24) is 0 Å². The van der Waals surface area contributed by atoms with Crippen LogP contribution in [0.1, 0.15) is 25.8 Å². The predicted molar refractivity (Wildman–Crippen MR) is 72.7 cm³/mol. The summed E-state index contributed by atoms with van der Waals surface area (Å²) in [4.78, 5) is 0. The molecule has 1 rings (SSSR count). The Balaban J connectivity index is 3.12. The third-order valence-corrected chi connectivity index (χ3v) is 2.85. The maximum Gasteiger partial charge on any atom is 0.203 e. The predicted octanol–water partition coefficient (Wildman–Crippen LogP) is 2.38. The lowest BCUT2D eigenvalue weighted by molar-refractivity contribution is 0.198. The zero-order chi connectivity index (χ0) is 13.5. The number of benzene rings is 1. The molecule has 1 aromatic carbocycles. The van der Waals surface area contributed by atoms with Crippen LogP contribution in [-0.2, 0) is 6.42 Å². The fraction of sp³-hybridized carbons (Fsp3) is 0.571. The number of ether oxygens (including phenoxy) is 3. The molecule has 0 bridgehead atoms. The van der Waals surface area contributed by atoms with Crippen LogP contribution in [0.2, 0.25) is 0 Å². The van der Waals surface area contributed by atoms with Crippen molar-refractivity contribution in [2.45, 2.75) is 32.8 Å². The second-order valence-electron chi connectivity index (χ2n) is 4.20. The van der Waals surface area contributed by atoms with Crippen molar-refractivity contribution < 1.29 is 14.2 Å². The van der Waals surface area contributed by atoms with Gasteiger partial charge in [0.15, 0.2) is 11.5 Å². The van der Waals surface area contributed by atoms with Gasteiger partial charge in [0.05, 0.1) is 20.3 Å². The largest absolute Gasteiger partial charge is 0.493 e. The van der Waals surface area contributed by atoms with Crippen molar-refractivity contribution >= 4 is 0 Å². The SMILES string of the molecule is CCC(C)Oc1c(OC)cc(CCN)cc1OC. The summed E-state index contributed by atoms with van der Waals surface area (Å²) >= 11 is 0. The Morgan fingerprint density at radius 3 is 2.11 bits per heavy atom. The minimum atomic E-state index is 0.119. The average Bonchev–Trinajstić information content (AvgIpc) is 2.39. The molecule has 0 aliphatic carbocycles. The van der Waals surface area contributed by atoms with E-state index in [0.717, 1.165) is 18.4 Å². The Morgan fingerprint density at radius 1 is 1.17 bits per heavy atom. The Morgan fingerprint density at radius 2 is 1.72 bits per heavy atom. The van der Waals surface area contributed by atoms with E-state index in [4.69, 9.17) is 19.9 Å². The van der Waals surface area contributed by atoms with Crippen molar-refractivity contribution in [2.24, 2.45) is 5.73 Å². The molecule has 0 aromatic heterocycles. The van der Waals surface area contributed by atoms with Crippen molar-refractivity contribution in [1.29, 1.82) is 0 Å². The van der Waals surface area contributed by atoms with Gasteiger partial charge in [-0.1, -0.05) is 6.92 Å². The van der Waals surface area contributed by atoms with Gasteiger partial charge in [-0.15, -0.1) is 0 Å². The van der Waals surface area contributed by atoms with Crippen LogP contribution in [0.4, 0.5) is 0 Å². The number of hydrogen-bond donors (Lipinski definition) is 1. The normalized spacial score (nSPS) is 12.1. The summed E-state index contributed by atoms with van der Waals surface area (Å²) in [7, 11) is 3.26. The smallest absolute Gasteiger partial charge is 0.203 e. The van der Waals surface area contributed by atoms with Crippen molar-refractivity contribution in [3.05, 3.63) is 17.7 Å². The standard InChI is InChI=1S/C14H23NO3/c1-5-10(2)18-14-12(16-3)8-11(6-7-15)9-13(14)17-4/h8-10H,5-7,15H2,1-4H3. The van der Waals surface area contributed by atoms with Crippen LogP contribution in [-0.4, -0.2) is 26.9 Å². The zero-order valence-corrected chi connectivity index (χ0v) is 11.7. The molecule has 0 saturated carbocycles. The van der Waals surface area contributed by atoms with Crippen molar-refractivity contribution in [3.63, 3.8) is 0 Å². The summed E-state index contributed by atoms with van der Waals surface area (Å²) < 4.78 is 16.6. The van der Waals surface area contributed by atoms with E-state index in [1.165, 1.54) is 0 Å². The highest BCUT2D eigenvalue weighted by Gasteiger charge is 2.16. The van der Waals surface area contributed by atoms with Crippen LogP contribution in [0.15, 0.2) is 12.1 Å². The summed E-state index contributed by atoms with van der Waals surface area (Å²) in [5.41, 5.74) is 6.66. The first kappa shape index (κ1) is 14.6. The van der Waals surface area contributed by atoms with Crippen molar-refractivity contribution in [2.75, 3.05) is 20.8 Å². The van der Waals surface area contributed by atoms with Gasteiger partial charge in [0.1, 0.15) is 0 Å². The minimum absolute atomic E-state index is 0.119. The van der Waals surface area contributed by atoms with Crippen LogP contribution in [0.25, 0.3) is 0 Å². The molecule has 102 valence electrons. The van der Waals surface area contributed by atoms with Crippen LogP contribution in [0, 0.1) is 0 Å². The van der Waals surface area contributed by atoms with Gasteiger partial charge in [-0.2, -0.15) is 0 Å². The molecule has 18 heavy (non-hydrogen) atoms. The fourth-order valence-corrected chi connectivity index (χ4v) is 1.65. The highest BCUT2D eigenvalue weighted by molar-refractivity contribution is 5.54. The molecule has 0 aliphatic heterocycles. The second kappa shape index (κ2) is 7.11. The summed E-state index contributed by atoms with van der Waals surface area (Å²) in [6, 6.07) is 3.90. The molecule has 1 aromatic rings. The van der Waals surface area contributed by atoms with Crippen LogP contribution >= 0.6 is 0 Å². The van der Waals surface area contributed by atoms with Gasteiger partial charge < -0.3 is 19.9 Å². The lowest BCUT2D eigenvalue weighted by atomic mass is 10.1. The molecule has 0 radical (unpaired) electrons. The lowest BCUT2D eigenvalue weighted by Gasteiger charge is -2.19. The topological polar surface area (TPSA) is 53.7 Å². The van der Waals surface area contributed by atoms with Crippen molar-refractivity contribution in [3.8, 4) is 17.2 Å². The van der Waals surface area contributed by atoms with Gasteiger partial charge in [0.25, 0.3) is 0 Å². The second-order valence-corrected chi connectivity index (χ2v) is 4.20. The number of methoxy groups -OCH3 is 2. The van der Waals surface area contributed by atoms with Crippen LogP contribution < -0.4 is 19.9 Å². The van der Waals surface area contributed by atoms with Gasteiger partial charge in [0, 0.05) is 0 Å². The first-order chi connectivity index (χ1) is 8.65. The fourth-order valence-electron chi connectivity index (χ4n) is 1.65. The third kappa shape index (κ3) is 3.53. The lowest BCUT2D eigenvalue weighted by Crippen LogP contribution is -2.12. The van der Waals surface area contributed by atoms with E-state index < -0.39 is 0 Å². The Labute approximate surface area is 109 Å². The Bertz CT molecular complexity index is 354. The van der Waals surface area contributed by atoms with E-state index in [1.807, 2.05) is 19.1 Å². The molecule has 0 fully saturated rings. The zero-order valence-electron chi connectivity index (χ0n) is 11.7. The molecule has 1 unspecified atom stereocenters. The van der Waals surface area contributed by atoms with E-state index in [9.17, 15) is 0 Å². The highest BCUT2D eigenvalue weighted by Crippen LogP contribution is 2.39. The molecule has 0 saturated heterocycles. The van der Waals surface area contributed by atoms with Gasteiger partial charge >= 0.3 is 0 Å². The molecular formula is C14H23NO3. The van der Waals surface area contributed by atoms with Gasteiger partial charge in [-0.05, 0) is 44.0 Å². The molecule has 4 nitrogen and oxygen atoms in total.